The zero-order valence-corrected chi connectivity index (χ0v) is 17.8. The highest BCUT2D eigenvalue weighted by molar-refractivity contribution is 5.78. The minimum Gasteiger partial charge on any atom is -0.497 e. The van der Waals surface area contributed by atoms with Crippen molar-refractivity contribution in [3.63, 3.8) is 0 Å². The quantitative estimate of drug-likeness (QED) is 0.632. The Kier molecular flexibility index (Phi) is 6.38. The molecule has 0 unspecified atom stereocenters. The standard InChI is InChI=1S/C25H30N2O3/c1-29-22-13-19(14-23(16-22)30-2)8-7-18-9-11-27(12-10-18)17-21-15-20-5-3-4-6-24(20)26-25(21)28/h3-6,13-16,18H,7-12,17H2,1-2H3,(H,26,28). The fourth-order valence-electron chi connectivity index (χ4n) is 4.37. The lowest BCUT2D eigenvalue weighted by Gasteiger charge is -2.32. The first-order valence-corrected chi connectivity index (χ1v) is 10.7. The number of nitrogens with zero attached hydrogens (tertiary/aromatic N) is 1. The summed E-state index contributed by atoms with van der Waals surface area (Å²) in [4.78, 5) is 17.9. The number of hydrogen-bond donors (Lipinski definition) is 1. The molecular weight excluding hydrogens is 376 g/mol. The van der Waals surface area contributed by atoms with Crippen LogP contribution in [0.4, 0.5) is 0 Å². The zero-order chi connectivity index (χ0) is 20.9. The molecule has 0 spiro atoms. The summed E-state index contributed by atoms with van der Waals surface area (Å²) in [5.41, 5.74) is 3.05. The van der Waals surface area contributed by atoms with Crippen molar-refractivity contribution in [2.24, 2.45) is 5.92 Å². The lowest BCUT2D eigenvalue weighted by Crippen LogP contribution is -2.35. The number of benzene rings is 2. The van der Waals surface area contributed by atoms with Gasteiger partial charge in [0.1, 0.15) is 11.5 Å². The Morgan fingerprint density at radius 2 is 1.70 bits per heavy atom. The summed E-state index contributed by atoms with van der Waals surface area (Å²) >= 11 is 0. The van der Waals surface area contributed by atoms with Crippen LogP contribution in [-0.4, -0.2) is 37.2 Å². The van der Waals surface area contributed by atoms with E-state index in [9.17, 15) is 4.79 Å². The van der Waals surface area contributed by atoms with Crippen LogP contribution in [0.15, 0.2) is 53.3 Å². The molecule has 5 heteroatoms. The zero-order valence-electron chi connectivity index (χ0n) is 17.8. The molecule has 0 amide bonds. The van der Waals surface area contributed by atoms with Crippen LogP contribution in [0.5, 0.6) is 11.5 Å². The Labute approximate surface area is 177 Å². The molecule has 3 aromatic rings. The molecule has 0 bridgehead atoms. The van der Waals surface area contributed by atoms with E-state index in [4.69, 9.17) is 9.47 Å². The van der Waals surface area contributed by atoms with E-state index in [0.717, 1.165) is 54.0 Å². The van der Waals surface area contributed by atoms with E-state index >= 15 is 0 Å². The first-order valence-electron chi connectivity index (χ1n) is 10.7. The van der Waals surface area contributed by atoms with E-state index in [-0.39, 0.29) is 5.56 Å². The maximum atomic E-state index is 12.4. The third kappa shape index (κ3) is 4.85. The van der Waals surface area contributed by atoms with E-state index in [1.165, 1.54) is 24.8 Å². The van der Waals surface area contributed by atoms with Gasteiger partial charge in [-0.15, -0.1) is 0 Å². The molecule has 30 heavy (non-hydrogen) atoms. The molecule has 1 aliphatic rings. The number of ether oxygens (including phenoxy) is 2. The van der Waals surface area contributed by atoms with Gasteiger partial charge in [-0.2, -0.15) is 0 Å². The maximum Gasteiger partial charge on any atom is 0.252 e. The van der Waals surface area contributed by atoms with Crippen molar-refractivity contribution in [3.05, 3.63) is 70.0 Å². The Hall–Kier alpha value is -2.79. The van der Waals surface area contributed by atoms with E-state index in [1.54, 1.807) is 14.2 Å². The summed E-state index contributed by atoms with van der Waals surface area (Å²) in [6, 6.07) is 16.1. The minimum atomic E-state index is 0.0304. The van der Waals surface area contributed by atoms with Gasteiger partial charge in [0, 0.05) is 23.7 Å². The SMILES string of the molecule is COc1cc(CCC2CCN(Cc3cc4ccccc4[nH]c3=O)CC2)cc(OC)c1. The van der Waals surface area contributed by atoms with Crippen molar-refractivity contribution in [2.45, 2.75) is 32.2 Å². The molecule has 0 atom stereocenters. The number of fused-ring (bicyclic) bond motifs is 1. The van der Waals surface area contributed by atoms with Crippen molar-refractivity contribution >= 4 is 10.9 Å². The average Bonchev–Trinajstić information content (AvgIpc) is 2.78. The normalized spacial score (nSPS) is 15.4. The van der Waals surface area contributed by atoms with Crippen LogP contribution in [0.1, 0.15) is 30.4 Å². The molecule has 158 valence electrons. The molecule has 1 N–H and O–H groups in total. The summed E-state index contributed by atoms with van der Waals surface area (Å²) in [7, 11) is 3.38. The van der Waals surface area contributed by atoms with Gasteiger partial charge in [-0.3, -0.25) is 9.69 Å². The second kappa shape index (κ2) is 9.35. The van der Waals surface area contributed by atoms with Gasteiger partial charge in [0.05, 0.1) is 14.2 Å². The van der Waals surface area contributed by atoms with E-state index in [0.29, 0.717) is 5.92 Å². The summed E-state index contributed by atoms with van der Waals surface area (Å²) in [6.45, 7) is 2.80. The third-order valence-electron chi connectivity index (χ3n) is 6.18. The molecule has 2 aromatic carbocycles. The lowest BCUT2D eigenvalue weighted by molar-refractivity contribution is 0.172. The molecule has 2 heterocycles. The Morgan fingerprint density at radius 3 is 2.40 bits per heavy atom. The van der Waals surface area contributed by atoms with Gasteiger partial charge in [0.2, 0.25) is 0 Å². The number of piperidine rings is 1. The first kappa shape index (κ1) is 20.5. The van der Waals surface area contributed by atoms with Gasteiger partial charge in [0.25, 0.3) is 5.56 Å². The van der Waals surface area contributed by atoms with E-state index in [2.05, 4.69) is 28.1 Å². The predicted octanol–water partition coefficient (Wildman–Crippen LogP) is 4.39. The second-order valence-electron chi connectivity index (χ2n) is 8.19. The Bertz CT molecular complexity index is 1030. The van der Waals surface area contributed by atoms with Gasteiger partial charge in [0.15, 0.2) is 0 Å². The molecule has 5 nitrogen and oxygen atoms in total. The lowest BCUT2D eigenvalue weighted by atomic mass is 9.90. The fraction of sp³-hybridized carbons (Fsp3) is 0.400. The van der Waals surface area contributed by atoms with Crippen molar-refractivity contribution in [2.75, 3.05) is 27.3 Å². The number of pyridine rings is 1. The van der Waals surface area contributed by atoms with Crippen LogP contribution in [0.3, 0.4) is 0 Å². The van der Waals surface area contributed by atoms with Gasteiger partial charge in [-0.05, 0) is 79.9 Å². The van der Waals surface area contributed by atoms with Crippen LogP contribution < -0.4 is 15.0 Å². The fourth-order valence-corrected chi connectivity index (χ4v) is 4.37. The van der Waals surface area contributed by atoms with Gasteiger partial charge >= 0.3 is 0 Å². The number of methoxy groups -OCH3 is 2. The highest BCUT2D eigenvalue weighted by Crippen LogP contribution is 2.27. The van der Waals surface area contributed by atoms with Gasteiger partial charge < -0.3 is 14.5 Å². The van der Waals surface area contributed by atoms with Crippen molar-refractivity contribution in [3.8, 4) is 11.5 Å². The number of nitrogens with one attached hydrogen (secondary N) is 1. The molecule has 1 aromatic heterocycles. The van der Waals surface area contributed by atoms with Crippen LogP contribution in [0, 0.1) is 5.92 Å². The molecule has 0 aliphatic carbocycles. The Morgan fingerprint density at radius 1 is 1.00 bits per heavy atom. The summed E-state index contributed by atoms with van der Waals surface area (Å²) < 4.78 is 10.8. The smallest absolute Gasteiger partial charge is 0.252 e. The number of aromatic amines is 1. The van der Waals surface area contributed by atoms with Crippen LogP contribution >= 0.6 is 0 Å². The molecule has 1 saturated heterocycles. The van der Waals surface area contributed by atoms with Gasteiger partial charge in [-0.1, -0.05) is 18.2 Å². The van der Waals surface area contributed by atoms with Crippen molar-refractivity contribution in [1.82, 2.24) is 9.88 Å². The number of para-hydroxylation sites is 1. The third-order valence-corrected chi connectivity index (χ3v) is 6.18. The summed E-state index contributed by atoms with van der Waals surface area (Å²) in [6.07, 6.45) is 4.54. The largest absolute Gasteiger partial charge is 0.497 e. The number of aryl methyl sites for hydroxylation is 1. The van der Waals surface area contributed by atoms with E-state index in [1.807, 2.05) is 30.3 Å². The van der Waals surface area contributed by atoms with Crippen LogP contribution in [0.25, 0.3) is 10.9 Å². The first-order chi connectivity index (χ1) is 14.6. The van der Waals surface area contributed by atoms with E-state index < -0.39 is 0 Å². The maximum absolute atomic E-state index is 12.4. The van der Waals surface area contributed by atoms with Crippen LogP contribution in [0.2, 0.25) is 0 Å². The number of likely N-dealkylation sites (tertiary alicyclic amines) is 1. The molecular formula is C25H30N2O3. The van der Waals surface area contributed by atoms with Crippen molar-refractivity contribution in [1.29, 1.82) is 0 Å². The number of hydrogen-bond acceptors (Lipinski definition) is 4. The molecule has 1 aliphatic heterocycles. The molecule has 1 fully saturated rings. The number of H-pyrrole nitrogens is 1. The monoisotopic (exact) mass is 406 g/mol. The predicted molar refractivity (Wildman–Crippen MR) is 120 cm³/mol. The van der Waals surface area contributed by atoms with Crippen molar-refractivity contribution < 1.29 is 9.47 Å². The Balaban J connectivity index is 1.31. The van der Waals surface area contributed by atoms with Gasteiger partial charge in [-0.25, -0.2) is 0 Å². The second-order valence-corrected chi connectivity index (χ2v) is 8.19. The topological polar surface area (TPSA) is 54.6 Å². The molecule has 0 radical (unpaired) electrons. The minimum absolute atomic E-state index is 0.0304. The summed E-state index contributed by atoms with van der Waals surface area (Å²) in [5.74, 6) is 2.41. The van der Waals surface area contributed by atoms with Crippen LogP contribution in [-0.2, 0) is 13.0 Å². The highest BCUT2D eigenvalue weighted by atomic mass is 16.5. The molecule has 4 rings (SSSR count). The number of aromatic nitrogens is 1. The average molecular weight is 407 g/mol. The highest BCUT2D eigenvalue weighted by Gasteiger charge is 2.20. The molecule has 0 saturated carbocycles. The summed E-state index contributed by atoms with van der Waals surface area (Å²) in [5, 5.41) is 1.09. The number of rotatable bonds is 7.